The zero-order valence-corrected chi connectivity index (χ0v) is 10.6. The zero-order valence-electron chi connectivity index (χ0n) is 8.99. The predicted octanol–water partition coefficient (Wildman–Crippen LogP) is 3.06. The highest BCUT2D eigenvalue weighted by molar-refractivity contribution is 6.30. The summed E-state index contributed by atoms with van der Waals surface area (Å²) in [5.74, 6) is -0.434. The van der Waals surface area contributed by atoms with Crippen molar-refractivity contribution in [1.29, 1.82) is 0 Å². The van der Waals surface area contributed by atoms with Gasteiger partial charge in [-0.05, 0) is 30.2 Å². The average molecular weight is 268 g/mol. The van der Waals surface area contributed by atoms with E-state index >= 15 is 0 Å². The van der Waals surface area contributed by atoms with Crippen LogP contribution in [0.3, 0.4) is 0 Å². The first-order valence-corrected chi connectivity index (χ1v) is 5.32. The minimum Gasteiger partial charge on any atom is -0.391 e. The van der Waals surface area contributed by atoms with Crippen molar-refractivity contribution in [2.24, 2.45) is 5.73 Å². The van der Waals surface area contributed by atoms with Crippen LogP contribution in [0.25, 0.3) is 0 Å². The smallest absolute Gasteiger partial charge is 0.125 e. The molecule has 3 N–H and O–H groups in total. The SMILES string of the molecule is CCC[C@H](O)[C@H](N)c1cc(F)cc(Cl)c1.Cl. The zero-order chi connectivity index (χ0) is 11.4. The molecule has 0 aliphatic carbocycles. The minimum absolute atomic E-state index is 0. The van der Waals surface area contributed by atoms with Crippen LogP contribution < -0.4 is 5.73 Å². The van der Waals surface area contributed by atoms with Crippen LogP contribution in [0.15, 0.2) is 18.2 Å². The lowest BCUT2D eigenvalue weighted by Gasteiger charge is -2.18. The molecule has 0 amide bonds. The second-order valence-corrected chi connectivity index (χ2v) is 4.02. The molecule has 0 saturated heterocycles. The Morgan fingerprint density at radius 2 is 2.06 bits per heavy atom. The molecule has 1 aromatic carbocycles. The lowest BCUT2D eigenvalue weighted by Crippen LogP contribution is -2.26. The molecule has 1 aromatic rings. The number of aliphatic hydroxyl groups is 1. The van der Waals surface area contributed by atoms with Crippen molar-refractivity contribution < 1.29 is 9.50 Å². The van der Waals surface area contributed by atoms with E-state index in [1.54, 1.807) is 6.07 Å². The Morgan fingerprint density at radius 3 is 2.56 bits per heavy atom. The molecule has 0 unspecified atom stereocenters. The van der Waals surface area contributed by atoms with E-state index in [0.29, 0.717) is 17.0 Å². The predicted molar refractivity (Wildman–Crippen MR) is 66.5 cm³/mol. The van der Waals surface area contributed by atoms with Crippen molar-refractivity contribution in [2.75, 3.05) is 0 Å². The number of benzene rings is 1. The van der Waals surface area contributed by atoms with Crippen LogP contribution in [0.4, 0.5) is 4.39 Å². The molecule has 2 nitrogen and oxygen atoms in total. The largest absolute Gasteiger partial charge is 0.391 e. The maximum Gasteiger partial charge on any atom is 0.125 e. The molecule has 5 heteroatoms. The summed E-state index contributed by atoms with van der Waals surface area (Å²) in [5.41, 5.74) is 6.32. The molecule has 0 saturated carbocycles. The van der Waals surface area contributed by atoms with Gasteiger partial charge in [0, 0.05) is 5.02 Å². The monoisotopic (exact) mass is 267 g/mol. The van der Waals surface area contributed by atoms with Crippen molar-refractivity contribution >= 4 is 24.0 Å². The normalized spacial score (nSPS) is 14.1. The third-order valence-electron chi connectivity index (χ3n) is 2.27. The van der Waals surface area contributed by atoms with Gasteiger partial charge in [0.2, 0.25) is 0 Å². The molecule has 0 fully saturated rings. The Kier molecular flexibility index (Phi) is 6.91. The topological polar surface area (TPSA) is 46.2 Å². The van der Waals surface area contributed by atoms with Gasteiger partial charge < -0.3 is 10.8 Å². The molecule has 1 rings (SSSR count). The standard InChI is InChI=1S/C11H15ClFNO.ClH/c1-2-3-10(15)11(14)7-4-8(12)6-9(13)5-7;/h4-6,10-11,15H,2-3,14H2,1H3;1H/t10-,11+;/m0./s1. The van der Waals surface area contributed by atoms with E-state index < -0.39 is 18.0 Å². The molecular weight excluding hydrogens is 252 g/mol. The summed E-state index contributed by atoms with van der Waals surface area (Å²) < 4.78 is 13.0. The highest BCUT2D eigenvalue weighted by Crippen LogP contribution is 2.22. The molecule has 92 valence electrons. The van der Waals surface area contributed by atoms with Crippen molar-refractivity contribution in [2.45, 2.75) is 31.9 Å². The molecule has 0 aliphatic rings. The first-order valence-electron chi connectivity index (χ1n) is 4.94. The van der Waals surface area contributed by atoms with E-state index in [1.165, 1.54) is 12.1 Å². The molecule has 0 aliphatic heterocycles. The molecule has 16 heavy (non-hydrogen) atoms. The highest BCUT2D eigenvalue weighted by atomic mass is 35.5. The van der Waals surface area contributed by atoms with Crippen LogP contribution in [0, 0.1) is 5.82 Å². The summed E-state index contributed by atoms with van der Waals surface area (Å²) in [6, 6.07) is 3.51. The van der Waals surface area contributed by atoms with Crippen molar-refractivity contribution in [3.8, 4) is 0 Å². The van der Waals surface area contributed by atoms with Gasteiger partial charge in [-0.2, -0.15) is 0 Å². The molecule has 0 heterocycles. The van der Waals surface area contributed by atoms with Crippen LogP contribution in [0.1, 0.15) is 31.4 Å². The molecular formula is C11H16Cl2FNO. The quantitative estimate of drug-likeness (QED) is 0.881. The van der Waals surface area contributed by atoms with E-state index in [4.69, 9.17) is 17.3 Å². The van der Waals surface area contributed by atoms with E-state index in [1.807, 2.05) is 6.92 Å². The van der Waals surface area contributed by atoms with E-state index in [0.717, 1.165) is 6.42 Å². The molecule has 0 aromatic heterocycles. The summed E-state index contributed by atoms with van der Waals surface area (Å²) in [7, 11) is 0. The van der Waals surface area contributed by atoms with Gasteiger partial charge >= 0.3 is 0 Å². The number of halogens is 3. The lowest BCUT2D eigenvalue weighted by atomic mass is 9.99. The summed E-state index contributed by atoms with van der Waals surface area (Å²) in [4.78, 5) is 0. The average Bonchev–Trinajstić information content (AvgIpc) is 2.15. The van der Waals surface area contributed by atoms with Gasteiger partial charge in [-0.1, -0.05) is 24.9 Å². The highest BCUT2D eigenvalue weighted by Gasteiger charge is 2.16. The number of nitrogens with two attached hydrogens (primary N) is 1. The van der Waals surface area contributed by atoms with Crippen LogP contribution in [-0.2, 0) is 0 Å². The van der Waals surface area contributed by atoms with Crippen LogP contribution >= 0.6 is 24.0 Å². The van der Waals surface area contributed by atoms with Gasteiger partial charge in [0.05, 0.1) is 12.1 Å². The van der Waals surface area contributed by atoms with E-state index in [2.05, 4.69) is 0 Å². The second kappa shape index (κ2) is 7.07. The van der Waals surface area contributed by atoms with Gasteiger partial charge in [0.15, 0.2) is 0 Å². The van der Waals surface area contributed by atoms with Crippen molar-refractivity contribution in [1.82, 2.24) is 0 Å². The van der Waals surface area contributed by atoms with E-state index in [-0.39, 0.29) is 12.4 Å². The number of hydrogen-bond acceptors (Lipinski definition) is 2. The van der Waals surface area contributed by atoms with Crippen LogP contribution in [-0.4, -0.2) is 11.2 Å². The number of aliphatic hydroxyl groups excluding tert-OH is 1. The lowest BCUT2D eigenvalue weighted by molar-refractivity contribution is 0.134. The third-order valence-corrected chi connectivity index (χ3v) is 2.49. The summed E-state index contributed by atoms with van der Waals surface area (Å²) in [6.45, 7) is 1.95. The maximum absolute atomic E-state index is 13.0. The number of hydrogen-bond donors (Lipinski definition) is 2. The first-order chi connectivity index (χ1) is 7.04. The Labute approximate surface area is 106 Å². The Bertz CT molecular complexity index is 316. The van der Waals surface area contributed by atoms with Crippen molar-refractivity contribution in [3.05, 3.63) is 34.6 Å². The van der Waals surface area contributed by atoms with Gasteiger partial charge in [-0.25, -0.2) is 4.39 Å². The van der Waals surface area contributed by atoms with Gasteiger partial charge in [-0.3, -0.25) is 0 Å². The molecule has 0 spiro atoms. The fourth-order valence-electron chi connectivity index (χ4n) is 1.47. The van der Waals surface area contributed by atoms with Gasteiger partial charge in [0.25, 0.3) is 0 Å². The van der Waals surface area contributed by atoms with Crippen LogP contribution in [0.2, 0.25) is 5.02 Å². The van der Waals surface area contributed by atoms with Crippen LogP contribution in [0.5, 0.6) is 0 Å². The summed E-state index contributed by atoms with van der Waals surface area (Å²) in [5, 5.41) is 9.96. The number of rotatable bonds is 4. The third kappa shape index (κ3) is 4.26. The second-order valence-electron chi connectivity index (χ2n) is 3.58. The van der Waals surface area contributed by atoms with Crippen molar-refractivity contribution in [3.63, 3.8) is 0 Å². The fraction of sp³-hybridized carbons (Fsp3) is 0.455. The fourth-order valence-corrected chi connectivity index (χ4v) is 1.70. The Hall–Kier alpha value is -0.350. The van der Waals surface area contributed by atoms with Gasteiger partial charge in [0.1, 0.15) is 5.82 Å². The Balaban J connectivity index is 0.00000225. The summed E-state index contributed by atoms with van der Waals surface area (Å²) in [6.07, 6.45) is 0.764. The van der Waals surface area contributed by atoms with E-state index in [9.17, 15) is 9.50 Å². The summed E-state index contributed by atoms with van der Waals surface area (Å²) >= 11 is 5.70. The van der Waals surface area contributed by atoms with Gasteiger partial charge in [-0.15, -0.1) is 12.4 Å². The maximum atomic E-state index is 13.0. The minimum atomic E-state index is -0.659. The Morgan fingerprint density at radius 1 is 1.44 bits per heavy atom. The first kappa shape index (κ1) is 15.7. The molecule has 2 atom stereocenters. The molecule has 0 radical (unpaired) electrons. The molecule has 0 bridgehead atoms.